The lowest BCUT2D eigenvalue weighted by Crippen LogP contribution is -2.19. The zero-order chi connectivity index (χ0) is 13.2. The normalized spacial score (nSPS) is 10.7. The molecule has 0 aliphatic rings. The number of hydrogen-bond donors (Lipinski definition) is 1. The van der Waals surface area contributed by atoms with Crippen molar-refractivity contribution in [3.05, 3.63) is 21.9 Å². The van der Waals surface area contributed by atoms with Crippen molar-refractivity contribution in [3.63, 3.8) is 0 Å². The van der Waals surface area contributed by atoms with Crippen molar-refractivity contribution in [1.29, 1.82) is 5.26 Å². The Kier molecular flexibility index (Phi) is 3.03. The second-order valence-corrected chi connectivity index (χ2v) is 2.66. The van der Waals surface area contributed by atoms with Gasteiger partial charge in [-0.2, -0.15) is 5.26 Å². The Morgan fingerprint density at radius 2 is 2.18 bits per heavy atom. The van der Waals surface area contributed by atoms with Gasteiger partial charge in [0, 0.05) is 0 Å². The maximum absolute atomic E-state index is 11.9. The fourth-order valence-corrected chi connectivity index (χ4v) is 0.970. The van der Waals surface area contributed by atoms with Crippen molar-refractivity contribution in [2.75, 3.05) is 5.73 Å². The van der Waals surface area contributed by atoms with Gasteiger partial charge in [0.25, 0.3) is 5.88 Å². The highest BCUT2D eigenvalue weighted by molar-refractivity contribution is 5.70. The van der Waals surface area contributed by atoms with E-state index in [4.69, 9.17) is 11.0 Å². The van der Waals surface area contributed by atoms with E-state index in [9.17, 15) is 23.3 Å². The van der Waals surface area contributed by atoms with Crippen molar-refractivity contribution in [3.8, 4) is 11.9 Å². The van der Waals surface area contributed by atoms with Crippen LogP contribution in [0.1, 0.15) is 5.56 Å². The van der Waals surface area contributed by atoms with Gasteiger partial charge in [0.1, 0.15) is 6.07 Å². The van der Waals surface area contributed by atoms with E-state index in [0.29, 0.717) is 6.20 Å². The molecule has 0 aliphatic carbocycles. The Bertz CT molecular complexity index is 508. The Balaban J connectivity index is 3.35. The molecule has 7 nitrogen and oxygen atoms in total. The van der Waals surface area contributed by atoms with Gasteiger partial charge in [0.05, 0.1) is 11.1 Å². The number of nitrogens with zero attached hydrogens (tertiary/aromatic N) is 3. The van der Waals surface area contributed by atoms with Crippen molar-refractivity contribution in [2.24, 2.45) is 0 Å². The average Bonchev–Trinajstić information content (AvgIpc) is 2.18. The number of halogens is 3. The summed E-state index contributed by atoms with van der Waals surface area (Å²) < 4.78 is 39.0. The van der Waals surface area contributed by atoms with Crippen molar-refractivity contribution in [1.82, 2.24) is 4.98 Å². The van der Waals surface area contributed by atoms with E-state index in [1.807, 2.05) is 0 Å². The number of hydrogen-bond acceptors (Lipinski definition) is 6. The van der Waals surface area contributed by atoms with E-state index >= 15 is 0 Å². The number of nitro groups is 1. The summed E-state index contributed by atoms with van der Waals surface area (Å²) >= 11 is 0. The zero-order valence-corrected chi connectivity index (χ0v) is 7.85. The summed E-state index contributed by atoms with van der Waals surface area (Å²) in [5, 5.41) is 19.0. The lowest BCUT2D eigenvalue weighted by molar-refractivity contribution is -0.384. The van der Waals surface area contributed by atoms with E-state index in [-0.39, 0.29) is 0 Å². The molecule has 0 aromatic carbocycles. The smallest absolute Gasteiger partial charge is 0.389 e. The molecule has 0 saturated heterocycles. The van der Waals surface area contributed by atoms with E-state index in [1.165, 1.54) is 6.07 Å². The second kappa shape index (κ2) is 4.12. The third-order valence-electron chi connectivity index (χ3n) is 1.57. The molecule has 0 atom stereocenters. The summed E-state index contributed by atoms with van der Waals surface area (Å²) in [6, 6.07) is 1.39. The van der Waals surface area contributed by atoms with Gasteiger partial charge in [-0.1, -0.05) is 0 Å². The lowest BCUT2D eigenvalue weighted by Gasteiger charge is -2.09. The molecular weight excluding hydrogens is 245 g/mol. The highest BCUT2D eigenvalue weighted by Gasteiger charge is 2.35. The third-order valence-corrected chi connectivity index (χ3v) is 1.57. The quantitative estimate of drug-likeness (QED) is 0.623. The molecule has 1 aromatic heterocycles. The van der Waals surface area contributed by atoms with E-state index in [2.05, 4.69) is 9.72 Å². The number of ether oxygens (including phenoxy) is 1. The topological polar surface area (TPSA) is 115 Å². The highest BCUT2D eigenvalue weighted by atomic mass is 19.4. The largest absolute Gasteiger partial charge is 0.574 e. The SMILES string of the molecule is N#Cc1cnc(OC(F)(F)F)c(N)c1[N+](=O)[O-]. The van der Waals surface area contributed by atoms with Crippen LogP contribution in [0.5, 0.6) is 5.88 Å². The summed E-state index contributed by atoms with van der Waals surface area (Å²) in [4.78, 5) is 12.5. The minimum absolute atomic E-state index is 0.554. The second-order valence-electron chi connectivity index (χ2n) is 2.66. The van der Waals surface area contributed by atoms with E-state index in [0.717, 1.165) is 0 Å². The lowest BCUT2D eigenvalue weighted by atomic mass is 10.2. The molecule has 90 valence electrons. The van der Waals surface area contributed by atoms with Crippen LogP contribution >= 0.6 is 0 Å². The zero-order valence-electron chi connectivity index (χ0n) is 7.85. The summed E-state index contributed by atoms with van der Waals surface area (Å²) in [7, 11) is 0. The van der Waals surface area contributed by atoms with E-state index < -0.39 is 34.1 Å². The van der Waals surface area contributed by atoms with Gasteiger partial charge in [-0.3, -0.25) is 10.1 Å². The first-order valence-electron chi connectivity index (χ1n) is 3.85. The minimum Gasteiger partial charge on any atom is -0.389 e. The van der Waals surface area contributed by atoms with Crippen molar-refractivity contribution < 1.29 is 22.8 Å². The molecule has 0 bridgehead atoms. The van der Waals surface area contributed by atoms with Gasteiger partial charge in [-0.25, -0.2) is 4.98 Å². The number of pyridine rings is 1. The molecule has 0 saturated carbocycles. The van der Waals surface area contributed by atoms with Crippen LogP contribution in [0.4, 0.5) is 24.5 Å². The van der Waals surface area contributed by atoms with Crippen LogP contribution < -0.4 is 10.5 Å². The first kappa shape index (κ1) is 12.5. The van der Waals surface area contributed by atoms with Crippen LogP contribution in [0.15, 0.2) is 6.20 Å². The monoisotopic (exact) mass is 248 g/mol. The Morgan fingerprint density at radius 1 is 1.59 bits per heavy atom. The Morgan fingerprint density at radius 3 is 2.59 bits per heavy atom. The van der Waals surface area contributed by atoms with Crippen LogP contribution in [0.25, 0.3) is 0 Å². The molecule has 0 amide bonds. The van der Waals surface area contributed by atoms with E-state index in [1.54, 1.807) is 0 Å². The molecule has 2 N–H and O–H groups in total. The number of aromatic nitrogens is 1. The van der Waals surface area contributed by atoms with Crippen LogP contribution in [0.2, 0.25) is 0 Å². The highest BCUT2D eigenvalue weighted by Crippen LogP contribution is 2.34. The van der Waals surface area contributed by atoms with Gasteiger partial charge in [-0.15, -0.1) is 13.2 Å². The van der Waals surface area contributed by atoms with Crippen LogP contribution in [-0.2, 0) is 0 Å². The number of anilines is 1. The molecule has 1 aromatic rings. The van der Waals surface area contributed by atoms with Crippen LogP contribution in [-0.4, -0.2) is 16.3 Å². The number of nitrogens with two attached hydrogens (primary N) is 1. The predicted molar refractivity (Wildman–Crippen MR) is 46.7 cm³/mol. The van der Waals surface area contributed by atoms with Crippen molar-refractivity contribution in [2.45, 2.75) is 6.36 Å². The van der Waals surface area contributed by atoms with Crippen LogP contribution in [0, 0.1) is 21.4 Å². The first-order chi connectivity index (χ1) is 7.76. The Hall–Kier alpha value is -2.57. The molecule has 1 heterocycles. The number of nitrogen functional groups attached to an aromatic ring is 1. The molecule has 17 heavy (non-hydrogen) atoms. The molecular formula is C7H3F3N4O3. The molecule has 0 fully saturated rings. The average molecular weight is 248 g/mol. The molecule has 0 unspecified atom stereocenters. The third kappa shape index (κ3) is 2.71. The van der Waals surface area contributed by atoms with Gasteiger partial charge in [-0.05, 0) is 0 Å². The summed E-state index contributed by atoms with van der Waals surface area (Å²) in [5.41, 5.74) is 2.61. The summed E-state index contributed by atoms with van der Waals surface area (Å²) in [5.74, 6) is -1.16. The minimum atomic E-state index is -5.08. The van der Waals surface area contributed by atoms with Gasteiger partial charge in [0.2, 0.25) is 0 Å². The van der Waals surface area contributed by atoms with Gasteiger partial charge < -0.3 is 10.5 Å². The maximum Gasteiger partial charge on any atom is 0.574 e. The fraction of sp³-hybridized carbons (Fsp3) is 0.143. The molecule has 0 aliphatic heterocycles. The first-order valence-corrected chi connectivity index (χ1v) is 3.85. The summed E-state index contributed by atoms with van der Waals surface area (Å²) in [6.07, 6.45) is -4.50. The Labute approximate surface area is 91.4 Å². The summed E-state index contributed by atoms with van der Waals surface area (Å²) in [6.45, 7) is 0. The standard InChI is InChI=1S/C7H3F3N4O3/c8-7(9,10)17-6-4(12)5(14(15)16)3(1-11)2-13-6/h2H,12H2. The molecule has 0 radical (unpaired) electrons. The van der Waals surface area contributed by atoms with Gasteiger partial charge in [0.15, 0.2) is 11.3 Å². The predicted octanol–water partition coefficient (Wildman–Crippen LogP) is 1.34. The van der Waals surface area contributed by atoms with Crippen molar-refractivity contribution >= 4 is 11.4 Å². The molecule has 1 rings (SSSR count). The number of alkyl halides is 3. The van der Waals surface area contributed by atoms with Gasteiger partial charge >= 0.3 is 12.0 Å². The number of nitriles is 1. The molecule has 0 spiro atoms. The van der Waals surface area contributed by atoms with Crippen LogP contribution in [0.3, 0.4) is 0 Å². The number of rotatable bonds is 2. The molecule has 10 heteroatoms. The fourth-order valence-electron chi connectivity index (χ4n) is 0.970. The maximum atomic E-state index is 11.9.